The number of likely N-dealkylation sites (N-methyl/N-ethyl adjacent to an activating group) is 1. The van der Waals surface area contributed by atoms with Gasteiger partial charge in [-0.1, -0.05) is 6.92 Å². The van der Waals surface area contributed by atoms with E-state index in [2.05, 4.69) is 6.92 Å². The quantitative estimate of drug-likeness (QED) is 0.757. The molecule has 1 unspecified atom stereocenters. The molecular formula is C13H26N2O2. The van der Waals surface area contributed by atoms with E-state index in [-0.39, 0.29) is 12.1 Å². The van der Waals surface area contributed by atoms with Crippen LogP contribution in [-0.4, -0.2) is 55.2 Å². The third kappa shape index (κ3) is 4.94. The zero-order valence-electron chi connectivity index (χ0n) is 11.6. The maximum absolute atomic E-state index is 12.1. The molecule has 100 valence electrons. The van der Waals surface area contributed by atoms with Crippen LogP contribution >= 0.6 is 0 Å². The Morgan fingerprint density at radius 1 is 1.53 bits per heavy atom. The standard InChI is InChI=1S/C13H26N2O2/c1-11(2)17-9-8-14(4)13(16)15-7-5-6-12(3)10-15/h11-12H,5-10H2,1-4H3. The highest BCUT2D eigenvalue weighted by molar-refractivity contribution is 5.74. The average molecular weight is 242 g/mol. The molecule has 0 aromatic heterocycles. The van der Waals surface area contributed by atoms with Gasteiger partial charge in [-0.2, -0.15) is 0 Å². The molecule has 2 amide bonds. The Balaban J connectivity index is 2.30. The number of likely N-dealkylation sites (tertiary alicyclic amines) is 1. The Kier molecular flexibility index (Phi) is 5.75. The summed E-state index contributed by atoms with van der Waals surface area (Å²) in [4.78, 5) is 15.8. The fourth-order valence-electron chi connectivity index (χ4n) is 2.13. The molecule has 0 radical (unpaired) electrons. The number of amides is 2. The Morgan fingerprint density at radius 3 is 2.82 bits per heavy atom. The van der Waals surface area contributed by atoms with Crippen LogP contribution in [0.5, 0.6) is 0 Å². The summed E-state index contributed by atoms with van der Waals surface area (Å²) in [5.41, 5.74) is 0. The van der Waals surface area contributed by atoms with E-state index in [4.69, 9.17) is 4.74 Å². The molecule has 1 heterocycles. The summed E-state index contributed by atoms with van der Waals surface area (Å²) in [6.07, 6.45) is 2.60. The van der Waals surface area contributed by atoms with Crippen LogP contribution in [0.1, 0.15) is 33.6 Å². The number of hydrogen-bond acceptors (Lipinski definition) is 2. The Hall–Kier alpha value is -0.770. The molecule has 1 atom stereocenters. The molecule has 0 bridgehead atoms. The molecule has 0 aromatic rings. The van der Waals surface area contributed by atoms with Crippen LogP contribution in [0.4, 0.5) is 4.79 Å². The number of hydrogen-bond donors (Lipinski definition) is 0. The third-order valence-electron chi connectivity index (χ3n) is 3.13. The largest absolute Gasteiger partial charge is 0.377 e. The smallest absolute Gasteiger partial charge is 0.319 e. The van der Waals surface area contributed by atoms with Crippen LogP contribution in [0.3, 0.4) is 0 Å². The first-order chi connectivity index (χ1) is 8.00. The van der Waals surface area contributed by atoms with Gasteiger partial charge in [-0.25, -0.2) is 4.79 Å². The molecule has 0 spiro atoms. The lowest BCUT2D eigenvalue weighted by Crippen LogP contribution is -2.46. The van der Waals surface area contributed by atoms with Crippen LogP contribution in [-0.2, 0) is 4.74 Å². The Bertz CT molecular complexity index is 244. The first-order valence-electron chi connectivity index (χ1n) is 6.62. The number of nitrogens with zero attached hydrogens (tertiary/aromatic N) is 2. The topological polar surface area (TPSA) is 32.8 Å². The van der Waals surface area contributed by atoms with E-state index in [1.807, 2.05) is 25.8 Å². The lowest BCUT2D eigenvalue weighted by molar-refractivity contribution is 0.0624. The summed E-state index contributed by atoms with van der Waals surface area (Å²) in [7, 11) is 1.85. The predicted molar refractivity (Wildman–Crippen MR) is 69.1 cm³/mol. The van der Waals surface area contributed by atoms with E-state index in [0.29, 0.717) is 19.1 Å². The fraction of sp³-hybridized carbons (Fsp3) is 0.923. The summed E-state index contributed by atoms with van der Waals surface area (Å²) in [5, 5.41) is 0. The second-order valence-electron chi connectivity index (χ2n) is 5.32. The van der Waals surface area contributed by atoms with E-state index < -0.39 is 0 Å². The van der Waals surface area contributed by atoms with Crippen molar-refractivity contribution in [2.45, 2.75) is 39.7 Å². The van der Waals surface area contributed by atoms with Crippen molar-refractivity contribution in [1.82, 2.24) is 9.80 Å². The van der Waals surface area contributed by atoms with Gasteiger partial charge in [0.25, 0.3) is 0 Å². The van der Waals surface area contributed by atoms with Crippen LogP contribution in [0, 0.1) is 5.92 Å². The highest BCUT2D eigenvalue weighted by Gasteiger charge is 2.23. The van der Waals surface area contributed by atoms with E-state index >= 15 is 0 Å². The maximum atomic E-state index is 12.1. The highest BCUT2D eigenvalue weighted by Crippen LogP contribution is 2.16. The average Bonchev–Trinajstić information content (AvgIpc) is 2.27. The molecule has 4 nitrogen and oxygen atoms in total. The minimum absolute atomic E-state index is 0.143. The molecule has 0 N–H and O–H groups in total. The molecule has 4 heteroatoms. The van der Waals surface area contributed by atoms with Gasteiger partial charge in [-0.15, -0.1) is 0 Å². The number of urea groups is 1. The van der Waals surface area contributed by atoms with Crippen LogP contribution in [0.15, 0.2) is 0 Å². The predicted octanol–water partition coefficient (Wildman–Crippen LogP) is 2.20. The lowest BCUT2D eigenvalue weighted by atomic mass is 10.0. The number of piperidine rings is 1. The van der Waals surface area contributed by atoms with Crippen molar-refractivity contribution in [3.8, 4) is 0 Å². The number of carbonyl (C=O) groups excluding carboxylic acids is 1. The fourth-order valence-corrected chi connectivity index (χ4v) is 2.13. The number of carbonyl (C=O) groups is 1. The minimum atomic E-state index is 0.143. The monoisotopic (exact) mass is 242 g/mol. The Labute approximate surface area is 105 Å². The Morgan fingerprint density at radius 2 is 2.24 bits per heavy atom. The lowest BCUT2D eigenvalue weighted by Gasteiger charge is -2.34. The van der Waals surface area contributed by atoms with E-state index in [1.54, 1.807) is 4.90 Å². The van der Waals surface area contributed by atoms with Crippen LogP contribution in [0.25, 0.3) is 0 Å². The molecule has 0 aromatic carbocycles. The molecule has 0 saturated carbocycles. The zero-order chi connectivity index (χ0) is 12.8. The van der Waals surface area contributed by atoms with Gasteiger partial charge in [-0.05, 0) is 32.6 Å². The van der Waals surface area contributed by atoms with Crippen molar-refractivity contribution in [3.05, 3.63) is 0 Å². The minimum Gasteiger partial charge on any atom is -0.377 e. The molecule has 1 fully saturated rings. The van der Waals surface area contributed by atoms with Gasteiger partial charge in [0.15, 0.2) is 0 Å². The van der Waals surface area contributed by atoms with E-state index in [9.17, 15) is 4.79 Å². The van der Waals surface area contributed by atoms with Crippen molar-refractivity contribution in [2.75, 3.05) is 33.3 Å². The van der Waals surface area contributed by atoms with E-state index in [1.165, 1.54) is 6.42 Å². The highest BCUT2D eigenvalue weighted by atomic mass is 16.5. The van der Waals surface area contributed by atoms with Gasteiger partial charge in [0.1, 0.15) is 0 Å². The van der Waals surface area contributed by atoms with Gasteiger partial charge >= 0.3 is 6.03 Å². The van der Waals surface area contributed by atoms with Gasteiger partial charge in [0.05, 0.1) is 12.7 Å². The summed E-state index contributed by atoms with van der Waals surface area (Å²) in [6.45, 7) is 9.31. The normalized spacial score (nSPS) is 20.8. The molecular weight excluding hydrogens is 216 g/mol. The van der Waals surface area contributed by atoms with E-state index in [0.717, 1.165) is 19.5 Å². The molecule has 17 heavy (non-hydrogen) atoms. The van der Waals surface area contributed by atoms with Gasteiger partial charge in [0.2, 0.25) is 0 Å². The van der Waals surface area contributed by atoms with Crippen molar-refractivity contribution in [3.63, 3.8) is 0 Å². The maximum Gasteiger partial charge on any atom is 0.319 e. The molecule has 0 aliphatic carbocycles. The van der Waals surface area contributed by atoms with Gasteiger partial charge in [0, 0.05) is 26.7 Å². The summed E-state index contributed by atoms with van der Waals surface area (Å²) >= 11 is 0. The second-order valence-corrected chi connectivity index (χ2v) is 5.32. The van der Waals surface area contributed by atoms with Crippen LogP contribution in [0.2, 0.25) is 0 Å². The molecule has 1 rings (SSSR count). The first kappa shape index (κ1) is 14.3. The van der Waals surface area contributed by atoms with Crippen molar-refractivity contribution >= 4 is 6.03 Å². The van der Waals surface area contributed by atoms with Gasteiger partial charge < -0.3 is 14.5 Å². The van der Waals surface area contributed by atoms with Crippen molar-refractivity contribution in [2.24, 2.45) is 5.92 Å². The number of rotatable bonds is 4. The first-order valence-corrected chi connectivity index (χ1v) is 6.62. The van der Waals surface area contributed by atoms with Crippen molar-refractivity contribution in [1.29, 1.82) is 0 Å². The summed E-state index contributed by atoms with van der Waals surface area (Å²) < 4.78 is 5.46. The SMILES string of the molecule is CC1CCCN(C(=O)N(C)CCOC(C)C)C1. The zero-order valence-corrected chi connectivity index (χ0v) is 11.6. The second kappa shape index (κ2) is 6.84. The summed E-state index contributed by atoms with van der Waals surface area (Å²) in [5.74, 6) is 0.632. The van der Waals surface area contributed by atoms with Crippen molar-refractivity contribution < 1.29 is 9.53 Å². The number of ether oxygens (including phenoxy) is 1. The molecule has 1 aliphatic rings. The molecule has 1 saturated heterocycles. The summed E-state index contributed by atoms with van der Waals surface area (Å²) in [6, 6.07) is 0.143. The molecule has 1 aliphatic heterocycles. The van der Waals surface area contributed by atoms with Gasteiger partial charge in [-0.3, -0.25) is 0 Å². The third-order valence-corrected chi connectivity index (χ3v) is 3.13. The van der Waals surface area contributed by atoms with Crippen LogP contribution < -0.4 is 0 Å².